The van der Waals surface area contributed by atoms with Crippen molar-refractivity contribution in [3.05, 3.63) is 17.5 Å². The van der Waals surface area contributed by atoms with Crippen LogP contribution in [-0.2, 0) is 0 Å². The summed E-state index contributed by atoms with van der Waals surface area (Å²) in [6, 6.07) is 0. The quantitative estimate of drug-likeness (QED) is 0.814. The average Bonchev–Trinajstić information content (AvgIpc) is 2.00. The number of hydrogen-bond acceptors (Lipinski definition) is 3. The number of halogens is 4. The fourth-order valence-corrected chi connectivity index (χ4v) is 0.766. The average molecular weight is 212 g/mol. The van der Waals surface area contributed by atoms with E-state index in [1.54, 1.807) is 0 Å². The van der Waals surface area contributed by atoms with Gasteiger partial charge in [0.1, 0.15) is 17.5 Å². The highest BCUT2D eigenvalue weighted by molar-refractivity contribution is 6.29. The monoisotopic (exact) mass is 211 g/mol. The van der Waals surface area contributed by atoms with Crippen LogP contribution in [0.3, 0.4) is 0 Å². The first kappa shape index (κ1) is 10.0. The van der Waals surface area contributed by atoms with E-state index < -0.39 is 12.7 Å². The Morgan fingerprint density at radius 3 is 2.62 bits per heavy atom. The number of aromatic nitrogens is 2. The summed E-state index contributed by atoms with van der Waals surface area (Å²) >= 11 is 5.40. The fraction of sp³-hybridized carbons (Fsp3) is 0.333. The van der Waals surface area contributed by atoms with Crippen LogP contribution in [0.5, 0.6) is 0 Å². The van der Waals surface area contributed by atoms with E-state index in [-0.39, 0.29) is 11.0 Å². The minimum atomic E-state index is -4.27. The van der Waals surface area contributed by atoms with Gasteiger partial charge >= 0.3 is 6.18 Å². The molecule has 1 aromatic heterocycles. The van der Waals surface area contributed by atoms with Gasteiger partial charge in [0, 0.05) is 0 Å². The van der Waals surface area contributed by atoms with E-state index in [2.05, 4.69) is 9.97 Å². The highest BCUT2D eigenvalue weighted by Crippen LogP contribution is 2.15. The first-order chi connectivity index (χ1) is 5.97. The van der Waals surface area contributed by atoms with Gasteiger partial charge in [-0.15, -0.1) is 0 Å². The van der Waals surface area contributed by atoms with Crippen molar-refractivity contribution in [1.29, 1.82) is 0 Å². The smallest absolute Gasteiger partial charge is 0.360 e. The van der Waals surface area contributed by atoms with Crippen molar-refractivity contribution in [2.75, 3.05) is 11.9 Å². The summed E-state index contributed by atoms with van der Waals surface area (Å²) in [6.45, 7) is -1.15. The Labute approximate surface area is 77.0 Å². The lowest BCUT2D eigenvalue weighted by atomic mass is 10.6. The lowest BCUT2D eigenvalue weighted by Crippen LogP contribution is -2.21. The second-order valence-corrected chi connectivity index (χ2v) is 2.58. The largest absolute Gasteiger partial charge is 0.405 e. The summed E-state index contributed by atoms with van der Waals surface area (Å²) in [7, 11) is 0. The van der Waals surface area contributed by atoms with E-state index in [0.717, 1.165) is 6.20 Å². The highest BCUT2D eigenvalue weighted by Gasteiger charge is 2.26. The predicted molar refractivity (Wildman–Crippen MR) is 41.6 cm³/mol. The third kappa shape index (κ3) is 3.93. The molecule has 0 aliphatic carbocycles. The maximum absolute atomic E-state index is 11.7. The molecule has 0 aromatic carbocycles. The third-order valence-corrected chi connectivity index (χ3v) is 1.26. The summed E-state index contributed by atoms with van der Waals surface area (Å²) in [5.41, 5.74) is 0. The molecule has 1 heterocycles. The van der Waals surface area contributed by atoms with Crippen LogP contribution in [0.1, 0.15) is 0 Å². The van der Waals surface area contributed by atoms with Crippen LogP contribution in [0.2, 0.25) is 5.15 Å². The summed E-state index contributed by atoms with van der Waals surface area (Å²) in [5, 5.41) is 2.09. The van der Waals surface area contributed by atoms with Gasteiger partial charge in [-0.25, -0.2) is 4.98 Å². The van der Waals surface area contributed by atoms with Crippen molar-refractivity contribution in [2.45, 2.75) is 6.18 Å². The van der Waals surface area contributed by atoms with Gasteiger partial charge in [-0.3, -0.25) is 4.98 Å². The van der Waals surface area contributed by atoms with Crippen molar-refractivity contribution < 1.29 is 13.2 Å². The number of nitrogens with zero attached hydrogens (tertiary/aromatic N) is 2. The molecule has 1 rings (SSSR count). The SMILES string of the molecule is FC(F)(F)CNc1cncc(Cl)n1. The molecule has 1 aromatic rings. The van der Waals surface area contributed by atoms with Gasteiger partial charge in [-0.2, -0.15) is 13.2 Å². The maximum Gasteiger partial charge on any atom is 0.405 e. The molecule has 0 aliphatic heterocycles. The molecule has 1 N–H and O–H groups in total. The van der Waals surface area contributed by atoms with Crippen molar-refractivity contribution >= 4 is 17.4 Å². The molecule has 7 heteroatoms. The Kier molecular flexibility index (Phi) is 2.92. The molecule has 0 aliphatic rings. The summed E-state index contributed by atoms with van der Waals surface area (Å²) in [5.74, 6) is 0.00447. The topological polar surface area (TPSA) is 37.8 Å². The van der Waals surface area contributed by atoms with Crippen LogP contribution in [0.25, 0.3) is 0 Å². The Hall–Kier alpha value is -1.04. The number of nitrogens with one attached hydrogen (secondary N) is 1. The zero-order chi connectivity index (χ0) is 9.90. The van der Waals surface area contributed by atoms with E-state index in [1.807, 2.05) is 5.32 Å². The number of rotatable bonds is 2. The van der Waals surface area contributed by atoms with E-state index >= 15 is 0 Å². The molecule has 72 valence electrons. The first-order valence-electron chi connectivity index (χ1n) is 3.25. The summed E-state index contributed by atoms with van der Waals surface area (Å²) in [4.78, 5) is 7.13. The van der Waals surface area contributed by atoms with Crippen LogP contribution in [-0.4, -0.2) is 22.7 Å². The molecule has 0 radical (unpaired) electrons. The Bertz CT molecular complexity index is 289. The van der Waals surface area contributed by atoms with Gasteiger partial charge in [0.05, 0.1) is 12.4 Å². The minimum absolute atomic E-state index is 0.00447. The highest BCUT2D eigenvalue weighted by atomic mass is 35.5. The molecule has 0 amide bonds. The number of anilines is 1. The predicted octanol–water partition coefficient (Wildman–Crippen LogP) is 2.10. The summed E-state index contributed by atoms with van der Waals surface area (Å²) in [6.07, 6.45) is -1.87. The van der Waals surface area contributed by atoms with Crippen molar-refractivity contribution in [3.63, 3.8) is 0 Å². The van der Waals surface area contributed by atoms with E-state index in [9.17, 15) is 13.2 Å². The molecule has 0 fully saturated rings. The zero-order valence-corrected chi connectivity index (χ0v) is 7.02. The van der Waals surface area contributed by atoms with Crippen LogP contribution < -0.4 is 5.32 Å². The fourth-order valence-electron chi connectivity index (χ4n) is 0.618. The van der Waals surface area contributed by atoms with E-state index in [0.29, 0.717) is 0 Å². The van der Waals surface area contributed by atoms with Gasteiger partial charge in [-0.05, 0) is 0 Å². The molecule has 0 unspecified atom stereocenters. The Morgan fingerprint density at radius 1 is 1.38 bits per heavy atom. The second-order valence-electron chi connectivity index (χ2n) is 2.20. The second kappa shape index (κ2) is 3.78. The molecule has 0 spiro atoms. The Morgan fingerprint density at radius 2 is 2.08 bits per heavy atom. The van der Waals surface area contributed by atoms with Crippen LogP contribution in [0, 0.1) is 0 Å². The van der Waals surface area contributed by atoms with Crippen molar-refractivity contribution in [2.24, 2.45) is 0 Å². The normalized spacial score (nSPS) is 11.4. The van der Waals surface area contributed by atoms with Crippen LogP contribution in [0.15, 0.2) is 12.4 Å². The number of hydrogen-bond donors (Lipinski definition) is 1. The van der Waals surface area contributed by atoms with Gasteiger partial charge in [-0.1, -0.05) is 11.6 Å². The summed E-state index contributed by atoms with van der Waals surface area (Å²) < 4.78 is 35.1. The standard InChI is InChI=1S/C6H5ClF3N3/c7-4-1-11-2-5(13-4)12-3-6(8,9)10/h1-2H,3H2,(H,12,13). The van der Waals surface area contributed by atoms with Crippen LogP contribution in [0.4, 0.5) is 19.0 Å². The van der Waals surface area contributed by atoms with E-state index in [4.69, 9.17) is 11.6 Å². The molecule has 0 bridgehead atoms. The molecule has 0 saturated heterocycles. The molecule has 0 atom stereocenters. The van der Waals surface area contributed by atoms with Gasteiger partial charge in [0.25, 0.3) is 0 Å². The van der Waals surface area contributed by atoms with Gasteiger partial charge in [0.2, 0.25) is 0 Å². The van der Waals surface area contributed by atoms with Gasteiger partial charge in [0.15, 0.2) is 0 Å². The zero-order valence-electron chi connectivity index (χ0n) is 6.27. The first-order valence-corrected chi connectivity index (χ1v) is 3.63. The lowest BCUT2D eigenvalue weighted by molar-refractivity contribution is -0.115. The molecule has 0 saturated carbocycles. The molecular formula is C6H5ClF3N3. The molecule has 13 heavy (non-hydrogen) atoms. The van der Waals surface area contributed by atoms with Crippen LogP contribution >= 0.6 is 11.6 Å². The number of alkyl halides is 3. The van der Waals surface area contributed by atoms with Crippen molar-refractivity contribution in [1.82, 2.24) is 9.97 Å². The molecular weight excluding hydrogens is 207 g/mol. The minimum Gasteiger partial charge on any atom is -0.360 e. The van der Waals surface area contributed by atoms with Crippen molar-refractivity contribution in [3.8, 4) is 0 Å². The third-order valence-electron chi connectivity index (χ3n) is 1.08. The van der Waals surface area contributed by atoms with E-state index in [1.165, 1.54) is 6.20 Å². The molecule has 3 nitrogen and oxygen atoms in total. The van der Waals surface area contributed by atoms with Gasteiger partial charge < -0.3 is 5.32 Å². The lowest BCUT2D eigenvalue weighted by Gasteiger charge is -2.07. The Balaban J connectivity index is 2.55. The maximum atomic E-state index is 11.7.